The molecule has 0 fully saturated rings. The lowest BCUT2D eigenvalue weighted by molar-refractivity contribution is 0.415. The molecule has 0 atom stereocenters. The van der Waals surface area contributed by atoms with Gasteiger partial charge in [-0.1, -0.05) is 48.5 Å². The first-order valence-electron chi connectivity index (χ1n) is 7.49. The molecule has 0 saturated heterocycles. The molecule has 0 aliphatic heterocycles. The van der Waals surface area contributed by atoms with Gasteiger partial charge in [0.2, 0.25) is 0 Å². The summed E-state index contributed by atoms with van der Waals surface area (Å²) in [6.45, 7) is 0. The summed E-state index contributed by atoms with van der Waals surface area (Å²) in [4.78, 5) is 0. The topological polar surface area (TPSA) is 9.23 Å². The first kappa shape index (κ1) is 11.8. The van der Waals surface area contributed by atoms with E-state index < -0.39 is 0 Å². The summed E-state index contributed by atoms with van der Waals surface area (Å²) in [7, 11) is 1.71. The molecule has 0 heterocycles. The van der Waals surface area contributed by atoms with Crippen molar-refractivity contribution in [3.63, 3.8) is 0 Å². The molecule has 5 aromatic rings. The zero-order chi connectivity index (χ0) is 14.7. The summed E-state index contributed by atoms with van der Waals surface area (Å²) in [5, 5.41) is 10.5. The maximum atomic E-state index is 5.37. The fraction of sp³-hybridized carbons (Fsp3) is 0.0476. The van der Waals surface area contributed by atoms with Crippen LogP contribution in [0.1, 0.15) is 0 Å². The Bertz CT molecular complexity index is 1140. The number of rotatable bonds is 1. The van der Waals surface area contributed by atoms with E-state index in [0.717, 1.165) is 5.75 Å². The Morgan fingerprint density at radius 3 is 2.14 bits per heavy atom. The molecular formula is C21H14O. The average Bonchev–Trinajstić information content (AvgIpc) is 2.58. The SMILES string of the molecule is COc1ccc2c(c1)cc1[13cH]cc3cccc4c[13cH]c2c1c34. The molecule has 22 heavy (non-hydrogen) atoms. The van der Waals surface area contributed by atoms with Crippen LogP contribution in [0.25, 0.3) is 43.1 Å². The normalized spacial score (nSPS) is 11.9. The summed E-state index contributed by atoms with van der Waals surface area (Å²) in [6, 6.07) is 24.0. The minimum atomic E-state index is 0.903. The van der Waals surface area contributed by atoms with Crippen molar-refractivity contribution >= 4 is 43.1 Å². The summed E-state index contributed by atoms with van der Waals surface area (Å²) < 4.78 is 5.37. The highest BCUT2D eigenvalue weighted by molar-refractivity contribution is 6.28. The van der Waals surface area contributed by atoms with E-state index in [1.807, 2.05) is 6.07 Å². The first-order valence-corrected chi connectivity index (χ1v) is 7.49. The van der Waals surface area contributed by atoms with Crippen LogP contribution in [0.15, 0.2) is 66.7 Å². The van der Waals surface area contributed by atoms with Gasteiger partial charge in [-0.05, 0) is 61.3 Å². The molecule has 0 unspecified atom stereocenters. The molecule has 1 heteroatoms. The van der Waals surface area contributed by atoms with Crippen LogP contribution in [0.4, 0.5) is 0 Å². The third kappa shape index (κ3) is 1.43. The second-order valence-electron chi connectivity index (χ2n) is 5.82. The van der Waals surface area contributed by atoms with Crippen molar-refractivity contribution in [2.45, 2.75) is 0 Å². The largest absolute Gasteiger partial charge is 0.497 e. The summed E-state index contributed by atoms with van der Waals surface area (Å²) in [6.07, 6.45) is 0. The molecule has 5 aromatic carbocycles. The second kappa shape index (κ2) is 4.11. The van der Waals surface area contributed by atoms with Crippen molar-refractivity contribution in [3.8, 4) is 5.75 Å². The van der Waals surface area contributed by atoms with Crippen LogP contribution < -0.4 is 4.74 Å². The Hall–Kier alpha value is -2.80. The van der Waals surface area contributed by atoms with Gasteiger partial charge in [0.1, 0.15) is 5.75 Å². The van der Waals surface area contributed by atoms with E-state index in [1.165, 1.54) is 43.1 Å². The molecule has 0 aromatic heterocycles. The van der Waals surface area contributed by atoms with Crippen LogP contribution in [-0.2, 0) is 0 Å². The van der Waals surface area contributed by atoms with Crippen molar-refractivity contribution in [2.24, 2.45) is 0 Å². The van der Waals surface area contributed by atoms with Crippen molar-refractivity contribution in [3.05, 3.63) is 66.7 Å². The van der Waals surface area contributed by atoms with Gasteiger partial charge in [-0.2, -0.15) is 0 Å². The number of hydrogen-bond donors (Lipinski definition) is 0. The van der Waals surface area contributed by atoms with Crippen molar-refractivity contribution < 1.29 is 4.74 Å². The van der Waals surface area contributed by atoms with Crippen LogP contribution in [0.5, 0.6) is 5.75 Å². The highest BCUT2D eigenvalue weighted by atomic mass is 16.5. The minimum Gasteiger partial charge on any atom is -0.497 e. The Morgan fingerprint density at radius 1 is 0.591 bits per heavy atom. The summed E-state index contributed by atoms with van der Waals surface area (Å²) in [5.41, 5.74) is 0. The lowest BCUT2D eigenvalue weighted by Crippen LogP contribution is -1.87. The number of hydrogen-bond acceptors (Lipinski definition) is 1. The Balaban J connectivity index is 2.10. The van der Waals surface area contributed by atoms with Crippen LogP contribution in [0.2, 0.25) is 0 Å². The van der Waals surface area contributed by atoms with E-state index in [9.17, 15) is 0 Å². The molecule has 0 radical (unpaired) electrons. The fourth-order valence-corrected chi connectivity index (χ4v) is 3.65. The Kier molecular flexibility index (Phi) is 2.21. The predicted molar refractivity (Wildman–Crippen MR) is 94.2 cm³/mol. The number of methoxy groups -OCH3 is 1. The van der Waals surface area contributed by atoms with Gasteiger partial charge in [-0.15, -0.1) is 0 Å². The molecular weight excluding hydrogens is 270 g/mol. The lowest BCUT2D eigenvalue weighted by atomic mass is 9.95. The minimum absolute atomic E-state index is 0.903. The van der Waals surface area contributed by atoms with Crippen LogP contribution >= 0.6 is 0 Å². The van der Waals surface area contributed by atoms with E-state index in [2.05, 4.69) is 60.7 Å². The molecule has 0 amide bonds. The van der Waals surface area contributed by atoms with Gasteiger partial charge < -0.3 is 4.74 Å². The molecule has 0 aliphatic rings. The molecule has 1 nitrogen and oxygen atoms in total. The second-order valence-corrected chi connectivity index (χ2v) is 5.82. The Labute approximate surface area is 128 Å². The first-order chi connectivity index (χ1) is 10.8. The highest BCUT2D eigenvalue weighted by Crippen LogP contribution is 2.38. The number of ether oxygens (including phenoxy) is 1. The molecule has 5 rings (SSSR count). The van der Waals surface area contributed by atoms with Gasteiger partial charge >= 0.3 is 0 Å². The molecule has 0 saturated carbocycles. The van der Waals surface area contributed by atoms with Crippen molar-refractivity contribution in [1.29, 1.82) is 0 Å². The lowest BCUT2D eigenvalue weighted by Gasteiger charge is -2.13. The van der Waals surface area contributed by atoms with Gasteiger partial charge in [0.25, 0.3) is 0 Å². The zero-order valence-corrected chi connectivity index (χ0v) is 12.3. The molecule has 0 bridgehead atoms. The van der Waals surface area contributed by atoms with Gasteiger partial charge in [0.05, 0.1) is 7.11 Å². The quantitative estimate of drug-likeness (QED) is 0.281. The molecule has 0 aliphatic carbocycles. The zero-order valence-electron chi connectivity index (χ0n) is 12.3. The van der Waals surface area contributed by atoms with Gasteiger partial charge in [-0.25, -0.2) is 0 Å². The van der Waals surface area contributed by atoms with Gasteiger partial charge in [0.15, 0.2) is 0 Å². The van der Waals surface area contributed by atoms with E-state index in [-0.39, 0.29) is 0 Å². The van der Waals surface area contributed by atoms with E-state index >= 15 is 0 Å². The van der Waals surface area contributed by atoms with Crippen LogP contribution in [0, 0.1) is 0 Å². The molecule has 104 valence electrons. The van der Waals surface area contributed by atoms with Crippen LogP contribution in [0.3, 0.4) is 0 Å². The maximum absolute atomic E-state index is 5.37. The smallest absolute Gasteiger partial charge is 0.119 e. The maximum Gasteiger partial charge on any atom is 0.119 e. The number of benzene rings is 5. The van der Waals surface area contributed by atoms with Crippen molar-refractivity contribution in [1.82, 2.24) is 0 Å². The molecule has 0 N–H and O–H groups in total. The van der Waals surface area contributed by atoms with Gasteiger partial charge in [-0.3, -0.25) is 0 Å². The average molecular weight is 284 g/mol. The molecule has 0 spiro atoms. The fourth-order valence-electron chi connectivity index (χ4n) is 3.65. The standard InChI is InChI=1S/C21H14O/c1-22-17-8-10-18-16(12-17)11-15-6-5-13-3-2-4-14-7-9-19(18)21(15)20(13)14/h2-12H,1H3/i6+1,9+1. The number of fused-ring (bicyclic) bond motifs is 2. The monoisotopic (exact) mass is 284 g/mol. The third-order valence-corrected chi connectivity index (χ3v) is 4.67. The van der Waals surface area contributed by atoms with Gasteiger partial charge in [0, 0.05) is 0 Å². The van der Waals surface area contributed by atoms with E-state index in [4.69, 9.17) is 4.74 Å². The Morgan fingerprint density at radius 2 is 1.32 bits per heavy atom. The van der Waals surface area contributed by atoms with Crippen LogP contribution in [-0.4, -0.2) is 7.11 Å². The highest BCUT2D eigenvalue weighted by Gasteiger charge is 2.10. The predicted octanol–water partition coefficient (Wildman–Crippen LogP) is 5.75. The van der Waals surface area contributed by atoms with E-state index in [1.54, 1.807) is 7.11 Å². The third-order valence-electron chi connectivity index (χ3n) is 4.67. The summed E-state index contributed by atoms with van der Waals surface area (Å²) >= 11 is 0. The summed E-state index contributed by atoms with van der Waals surface area (Å²) in [5.74, 6) is 0.903. The van der Waals surface area contributed by atoms with Crippen molar-refractivity contribution in [2.75, 3.05) is 7.11 Å². The van der Waals surface area contributed by atoms with E-state index in [0.29, 0.717) is 0 Å².